The molecule has 0 aliphatic rings. The van der Waals surface area contributed by atoms with E-state index in [9.17, 15) is 9.59 Å². The van der Waals surface area contributed by atoms with Crippen LogP contribution >= 0.6 is 11.8 Å². The quantitative estimate of drug-likeness (QED) is 0.682. The molecule has 0 aromatic rings. The Morgan fingerprint density at radius 1 is 1.31 bits per heavy atom. The van der Waals surface area contributed by atoms with Crippen molar-refractivity contribution in [2.75, 3.05) is 11.5 Å². The monoisotopic (exact) mass is 206 g/mol. The van der Waals surface area contributed by atoms with Gasteiger partial charge in [0.1, 0.15) is 0 Å². The van der Waals surface area contributed by atoms with Gasteiger partial charge < -0.3 is 10.2 Å². The smallest absolute Gasteiger partial charge is 0.313 e. The number of rotatable bonds is 6. The van der Waals surface area contributed by atoms with Gasteiger partial charge in [0.25, 0.3) is 0 Å². The highest BCUT2D eigenvalue weighted by molar-refractivity contribution is 7.99. The third kappa shape index (κ3) is 5.52. The molecule has 0 rings (SSSR count). The lowest BCUT2D eigenvalue weighted by Crippen LogP contribution is -2.22. The molecule has 0 fully saturated rings. The largest absolute Gasteiger partial charge is 0.481 e. The molecule has 0 saturated carbocycles. The number of carbonyl (C=O) groups is 2. The highest BCUT2D eigenvalue weighted by Crippen LogP contribution is 2.17. The fourth-order valence-corrected chi connectivity index (χ4v) is 1.90. The third-order valence-corrected chi connectivity index (χ3v) is 2.69. The van der Waals surface area contributed by atoms with Gasteiger partial charge in [-0.2, -0.15) is 0 Å². The Labute approximate surface area is 81.3 Å². The molecule has 0 aromatic carbocycles. The molecule has 0 aliphatic heterocycles. The van der Waals surface area contributed by atoms with E-state index in [1.807, 2.05) is 13.8 Å². The Kier molecular flexibility index (Phi) is 5.53. The van der Waals surface area contributed by atoms with Crippen LogP contribution in [0.2, 0.25) is 0 Å². The van der Waals surface area contributed by atoms with E-state index in [-0.39, 0.29) is 11.7 Å². The van der Waals surface area contributed by atoms with Gasteiger partial charge in [-0.15, -0.1) is 11.8 Å². The minimum absolute atomic E-state index is 0.0312. The standard InChI is InChI=1S/C8H14O4S/c1-5(2)6(8(11)12)3-13-4-7(9)10/h5-6H,3-4H2,1-2H3,(H,9,10)(H,11,12). The number of hydrogen-bond donors (Lipinski definition) is 2. The van der Waals surface area contributed by atoms with Crippen molar-refractivity contribution < 1.29 is 19.8 Å². The number of hydrogen-bond acceptors (Lipinski definition) is 3. The first-order valence-electron chi connectivity index (χ1n) is 3.97. The van der Waals surface area contributed by atoms with Crippen molar-refractivity contribution in [2.45, 2.75) is 13.8 Å². The van der Waals surface area contributed by atoms with Crippen LogP contribution in [0.5, 0.6) is 0 Å². The second-order valence-corrected chi connectivity index (χ2v) is 4.13. The minimum Gasteiger partial charge on any atom is -0.481 e. The molecule has 1 atom stereocenters. The molecule has 76 valence electrons. The van der Waals surface area contributed by atoms with Crippen molar-refractivity contribution in [1.29, 1.82) is 0 Å². The number of thioether (sulfide) groups is 1. The first kappa shape index (κ1) is 12.3. The molecule has 4 nitrogen and oxygen atoms in total. The van der Waals surface area contributed by atoms with E-state index in [0.29, 0.717) is 5.75 Å². The van der Waals surface area contributed by atoms with Gasteiger partial charge in [0.2, 0.25) is 0 Å². The summed E-state index contributed by atoms with van der Waals surface area (Å²) in [5.41, 5.74) is 0. The second kappa shape index (κ2) is 5.85. The van der Waals surface area contributed by atoms with Crippen LogP contribution in [0.15, 0.2) is 0 Å². The Morgan fingerprint density at radius 2 is 1.85 bits per heavy atom. The highest BCUT2D eigenvalue weighted by Gasteiger charge is 2.21. The fourth-order valence-electron chi connectivity index (χ4n) is 0.822. The van der Waals surface area contributed by atoms with Crippen molar-refractivity contribution in [3.63, 3.8) is 0 Å². The Hall–Kier alpha value is -0.710. The molecule has 13 heavy (non-hydrogen) atoms. The summed E-state index contributed by atoms with van der Waals surface area (Å²) >= 11 is 1.15. The van der Waals surface area contributed by atoms with Crippen molar-refractivity contribution >= 4 is 23.7 Å². The molecular weight excluding hydrogens is 192 g/mol. The van der Waals surface area contributed by atoms with Crippen LogP contribution in [0.4, 0.5) is 0 Å². The van der Waals surface area contributed by atoms with E-state index >= 15 is 0 Å². The zero-order chi connectivity index (χ0) is 10.4. The first-order chi connectivity index (χ1) is 5.95. The summed E-state index contributed by atoms with van der Waals surface area (Å²) in [7, 11) is 0. The maximum absolute atomic E-state index is 10.7. The molecule has 2 N–H and O–H groups in total. The van der Waals surface area contributed by atoms with Gasteiger partial charge in [0.05, 0.1) is 11.7 Å². The SMILES string of the molecule is CC(C)C(CSCC(=O)O)C(=O)O. The molecule has 0 saturated heterocycles. The summed E-state index contributed by atoms with van der Waals surface area (Å²) in [5, 5.41) is 17.1. The van der Waals surface area contributed by atoms with Gasteiger partial charge in [-0.25, -0.2) is 0 Å². The summed E-state index contributed by atoms with van der Waals surface area (Å²) in [5.74, 6) is -1.84. The van der Waals surface area contributed by atoms with Crippen LogP contribution in [-0.2, 0) is 9.59 Å². The van der Waals surface area contributed by atoms with Gasteiger partial charge in [-0.05, 0) is 5.92 Å². The molecule has 5 heteroatoms. The van der Waals surface area contributed by atoms with Crippen molar-refractivity contribution in [1.82, 2.24) is 0 Å². The summed E-state index contributed by atoms with van der Waals surface area (Å²) in [6.07, 6.45) is 0. The zero-order valence-corrected chi connectivity index (χ0v) is 8.50. The van der Waals surface area contributed by atoms with E-state index in [1.54, 1.807) is 0 Å². The average molecular weight is 206 g/mol. The van der Waals surface area contributed by atoms with Gasteiger partial charge in [0, 0.05) is 5.75 Å². The molecule has 0 aliphatic carbocycles. The fraction of sp³-hybridized carbons (Fsp3) is 0.750. The Morgan fingerprint density at radius 3 is 2.15 bits per heavy atom. The van der Waals surface area contributed by atoms with E-state index in [4.69, 9.17) is 10.2 Å². The predicted octanol–water partition coefficient (Wildman–Crippen LogP) is 1.16. The molecule has 0 amide bonds. The van der Waals surface area contributed by atoms with Crippen LogP contribution in [0.1, 0.15) is 13.8 Å². The number of carboxylic acids is 2. The van der Waals surface area contributed by atoms with E-state index in [2.05, 4.69) is 0 Å². The van der Waals surface area contributed by atoms with Gasteiger partial charge >= 0.3 is 11.9 Å². The number of aliphatic carboxylic acids is 2. The van der Waals surface area contributed by atoms with Crippen LogP contribution < -0.4 is 0 Å². The first-order valence-corrected chi connectivity index (χ1v) is 5.13. The van der Waals surface area contributed by atoms with E-state index in [0.717, 1.165) is 11.8 Å². The summed E-state index contributed by atoms with van der Waals surface area (Å²) in [6, 6.07) is 0. The maximum atomic E-state index is 10.7. The average Bonchev–Trinajstić information content (AvgIpc) is 1.95. The zero-order valence-electron chi connectivity index (χ0n) is 7.69. The van der Waals surface area contributed by atoms with Gasteiger partial charge in [0.15, 0.2) is 0 Å². The van der Waals surface area contributed by atoms with Crippen LogP contribution in [-0.4, -0.2) is 33.7 Å². The third-order valence-electron chi connectivity index (χ3n) is 1.64. The van der Waals surface area contributed by atoms with Crippen molar-refractivity contribution in [3.05, 3.63) is 0 Å². The minimum atomic E-state index is -0.905. The lowest BCUT2D eigenvalue weighted by Gasteiger charge is -2.14. The Balaban J connectivity index is 3.84. The van der Waals surface area contributed by atoms with Crippen molar-refractivity contribution in [2.24, 2.45) is 11.8 Å². The normalized spacial score (nSPS) is 12.8. The molecule has 0 aromatic heterocycles. The highest BCUT2D eigenvalue weighted by atomic mass is 32.2. The molecule has 0 heterocycles. The summed E-state index contributed by atoms with van der Waals surface area (Å²) in [6.45, 7) is 3.64. The second-order valence-electron chi connectivity index (χ2n) is 3.10. The molecule has 0 bridgehead atoms. The molecular formula is C8H14O4S. The predicted molar refractivity (Wildman–Crippen MR) is 50.9 cm³/mol. The van der Waals surface area contributed by atoms with Crippen LogP contribution in [0.25, 0.3) is 0 Å². The van der Waals surface area contributed by atoms with E-state index in [1.165, 1.54) is 0 Å². The van der Waals surface area contributed by atoms with Gasteiger partial charge in [-0.1, -0.05) is 13.8 Å². The van der Waals surface area contributed by atoms with Crippen LogP contribution in [0, 0.1) is 11.8 Å². The lowest BCUT2D eigenvalue weighted by molar-refractivity contribution is -0.142. The Bertz CT molecular complexity index is 191. The molecule has 0 spiro atoms. The lowest BCUT2D eigenvalue weighted by atomic mass is 9.98. The topological polar surface area (TPSA) is 74.6 Å². The van der Waals surface area contributed by atoms with Crippen LogP contribution in [0.3, 0.4) is 0 Å². The number of carboxylic acid groups (broad SMARTS) is 2. The summed E-state index contributed by atoms with van der Waals surface area (Å²) in [4.78, 5) is 20.8. The molecule has 0 radical (unpaired) electrons. The summed E-state index contributed by atoms with van der Waals surface area (Å²) < 4.78 is 0. The van der Waals surface area contributed by atoms with E-state index < -0.39 is 17.9 Å². The van der Waals surface area contributed by atoms with Crippen molar-refractivity contribution in [3.8, 4) is 0 Å². The maximum Gasteiger partial charge on any atom is 0.313 e. The van der Waals surface area contributed by atoms with Gasteiger partial charge in [-0.3, -0.25) is 9.59 Å². The molecule has 1 unspecified atom stereocenters.